The normalized spacial score (nSPS) is 9.76. The van der Waals surface area contributed by atoms with E-state index in [1.807, 2.05) is 36.4 Å². The number of unbranched alkanes of at least 4 members (excludes halogenated alkanes) is 3. The Hall–Kier alpha value is -4.94. The van der Waals surface area contributed by atoms with Crippen molar-refractivity contribution in [2.75, 3.05) is 39.6 Å². The van der Waals surface area contributed by atoms with Crippen molar-refractivity contribution in [3.8, 4) is 41.4 Å². The highest BCUT2D eigenvalue weighted by molar-refractivity contribution is 5.62. The second-order valence-electron chi connectivity index (χ2n) is 9.72. The molecule has 46 heavy (non-hydrogen) atoms. The average molecular weight is 629 g/mol. The van der Waals surface area contributed by atoms with E-state index in [-0.39, 0.29) is 0 Å². The van der Waals surface area contributed by atoms with Gasteiger partial charge in [0.25, 0.3) is 0 Å². The van der Waals surface area contributed by atoms with E-state index in [0.29, 0.717) is 86.8 Å². The zero-order chi connectivity index (χ0) is 33.2. The third-order valence-corrected chi connectivity index (χ3v) is 6.10. The van der Waals surface area contributed by atoms with Gasteiger partial charge in [0.15, 0.2) is 23.0 Å². The monoisotopic (exact) mass is 628 g/mol. The standard InChI is InChI=1S/C38H44O8/c1-7-31(5)45-43-29-15-13-26-40-36-24-23-35(22-21-34-19-17-33(9-3)18-20-34)37(41-27-12-11-25-39-10-4)38(36)42-28-14-16-30-44-46-32(6)8-2/h3,10,17-20,23-24H,1-2,4,11-16,25-30H2,5-6H3. The molecule has 0 bridgehead atoms. The predicted molar refractivity (Wildman–Crippen MR) is 178 cm³/mol. The second-order valence-corrected chi connectivity index (χ2v) is 9.72. The van der Waals surface area contributed by atoms with Crippen molar-refractivity contribution in [2.45, 2.75) is 52.4 Å². The second kappa shape index (κ2) is 23.4. The molecule has 0 saturated heterocycles. The number of hydrogen-bond donors (Lipinski definition) is 0. The van der Waals surface area contributed by atoms with Gasteiger partial charge >= 0.3 is 0 Å². The van der Waals surface area contributed by atoms with Crippen LogP contribution in [0.4, 0.5) is 0 Å². The molecule has 0 heterocycles. The molecule has 2 aromatic carbocycles. The molecule has 0 saturated carbocycles. The summed E-state index contributed by atoms with van der Waals surface area (Å²) in [5.41, 5.74) is 7.52. The van der Waals surface area contributed by atoms with Crippen LogP contribution in [0, 0.1) is 24.2 Å². The Balaban J connectivity index is 2.23. The zero-order valence-electron chi connectivity index (χ0n) is 27.0. The van der Waals surface area contributed by atoms with Crippen molar-refractivity contribution in [2.24, 2.45) is 0 Å². The molecule has 8 nitrogen and oxygen atoms in total. The van der Waals surface area contributed by atoms with Crippen LogP contribution in [0.25, 0.3) is 0 Å². The van der Waals surface area contributed by atoms with Gasteiger partial charge in [0, 0.05) is 25.0 Å². The first-order valence-electron chi connectivity index (χ1n) is 15.2. The molecule has 0 unspecified atom stereocenters. The van der Waals surface area contributed by atoms with Gasteiger partial charge in [-0.25, -0.2) is 0 Å². The van der Waals surface area contributed by atoms with Gasteiger partial charge in [-0.2, -0.15) is 9.78 Å². The minimum atomic E-state index is 0.389. The number of rotatable bonds is 23. The Morgan fingerprint density at radius 3 is 1.74 bits per heavy atom. The molecule has 0 atom stereocenters. The van der Waals surface area contributed by atoms with Gasteiger partial charge in [0.2, 0.25) is 5.75 Å². The Kier molecular flexibility index (Phi) is 19.0. The van der Waals surface area contributed by atoms with Crippen LogP contribution >= 0.6 is 0 Å². The lowest BCUT2D eigenvalue weighted by Gasteiger charge is -2.18. The first-order valence-corrected chi connectivity index (χ1v) is 15.2. The fraction of sp³-hybridized carbons (Fsp3) is 0.368. The molecular weight excluding hydrogens is 584 g/mol. The molecule has 0 N–H and O–H groups in total. The van der Waals surface area contributed by atoms with Crippen molar-refractivity contribution in [3.05, 3.63) is 102 Å². The Bertz CT molecular complexity index is 1410. The maximum absolute atomic E-state index is 6.32. The summed E-state index contributed by atoms with van der Waals surface area (Å²) >= 11 is 0. The van der Waals surface area contributed by atoms with Crippen molar-refractivity contribution in [1.29, 1.82) is 0 Å². The van der Waals surface area contributed by atoms with E-state index in [0.717, 1.165) is 36.8 Å². The maximum atomic E-state index is 6.32. The van der Waals surface area contributed by atoms with Crippen molar-refractivity contribution in [1.82, 2.24) is 0 Å². The van der Waals surface area contributed by atoms with Crippen molar-refractivity contribution >= 4 is 0 Å². The lowest BCUT2D eigenvalue weighted by Crippen LogP contribution is -2.08. The fourth-order valence-corrected chi connectivity index (χ4v) is 3.57. The highest BCUT2D eigenvalue weighted by Crippen LogP contribution is 2.40. The van der Waals surface area contributed by atoms with E-state index in [2.05, 4.69) is 49.0 Å². The largest absolute Gasteiger partial charge is 0.502 e. The van der Waals surface area contributed by atoms with Gasteiger partial charge in [-0.3, -0.25) is 0 Å². The van der Waals surface area contributed by atoms with Gasteiger partial charge in [-0.05, 0) is 74.9 Å². The molecule has 0 aliphatic carbocycles. The van der Waals surface area contributed by atoms with E-state index < -0.39 is 0 Å². The fourth-order valence-electron chi connectivity index (χ4n) is 3.57. The van der Waals surface area contributed by atoms with Crippen LogP contribution in [-0.4, -0.2) is 39.6 Å². The molecule has 0 spiro atoms. The van der Waals surface area contributed by atoms with Gasteiger partial charge in [-0.15, -0.1) is 6.42 Å². The topological polar surface area (TPSA) is 73.8 Å². The third-order valence-electron chi connectivity index (χ3n) is 6.10. The van der Waals surface area contributed by atoms with Crippen LogP contribution < -0.4 is 14.2 Å². The minimum Gasteiger partial charge on any atom is -0.502 e. The van der Waals surface area contributed by atoms with E-state index in [1.54, 1.807) is 13.8 Å². The molecule has 8 heteroatoms. The summed E-state index contributed by atoms with van der Waals surface area (Å²) in [6.07, 6.45) is 11.3. The van der Waals surface area contributed by atoms with Crippen LogP contribution in [-0.2, 0) is 24.3 Å². The SMILES string of the molecule is C#Cc1ccc(C#Cc2ccc(OCCCCOOC(C)=C=C)c(OCCCCOOC(C)=C=C)c2OCCCCOC=C)cc1. The summed E-state index contributed by atoms with van der Waals surface area (Å²) < 4.78 is 24.0. The summed E-state index contributed by atoms with van der Waals surface area (Å²) in [5.74, 6) is 11.6. The quantitative estimate of drug-likeness (QED) is 0.0306. The van der Waals surface area contributed by atoms with Crippen LogP contribution in [0.1, 0.15) is 69.1 Å². The van der Waals surface area contributed by atoms with Crippen LogP contribution in [0.5, 0.6) is 17.2 Å². The van der Waals surface area contributed by atoms with Gasteiger partial charge in [-0.1, -0.05) is 49.0 Å². The lowest BCUT2D eigenvalue weighted by atomic mass is 10.1. The first kappa shape index (κ1) is 37.2. The number of benzene rings is 2. The zero-order valence-corrected chi connectivity index (χ0v) is 27.0. The van der Waals surface area contributed by atoms with Gasteiger partial charge < -0.3 is 28.7 Å². The van der Waals surface area contributed by atoms with Crippen molar-refractivity contribution in [3.63, 3.8) is 0 Å². The Morgan fingerprint density at radius 1 is 0.652 bits per heavy atom. The highest BCUT2D eigenvalue weighted by Gasteiger charge is 2.18. The van der Waals surface area contributed by atoms with E-state index >= 15 is 0 Å². The third kappa shape index (κ3) is 15.2. The Morgan fingerprint density at radius 2 is 1.17 bits per heavy atom. The van der Waals surface area contributed by atoms with E-state index in [1.165, 1.54) is 6.26 Å². The first-order chi connectivity index (χ1) is 22.5. The highest BCUT2D eigenvalue weighted by atomic mass is 17.2. The molecule has 0 fully saturated rings. The summed E-state index contributed by atoms with van der Waals surface area (Å²) in [4.78, 5) is 20.4. The number of ether oxygens (including phenoxy) is 4. The Labute approximate surface area is 273 Å². The molecule has 0 aliphatic heterocycles. The van der Waals surface area contributed by atoms with Crippen molar-refractivity contribution < 1.29 is 38.5 Å². The lowest BCUT2D eigenvalue weighted by molar-refractivity contribution is -0.261. The summed E-state index contributed by atoms with van der Waals surface area (Å²) in [7, 11) is 0. The van der Waals surface area contributed by atoms with Gasteiger partial charge in [0.1, 0.15) is 0 Å². The predicted octanol–water partition coefficient (Wildman–Crippen LogP) is 7.98. The number of terminal acetylenes is 1. The smallest absolute Gasteiger partial charge is 0.204 e. The number of allylic oxidation sites excluding steroid dienone is 2. The van der Waals surface area contributed by atoms with E-state index in [9.17, 15) is 0 Å². The molecular formula is C38H44O8. The van der Waals surface area contributed by atoms with Crippen LogP contribution in [0.15, 0.2) is 85.4 Å². The van der Waals surface area contributed by atoms with Crippen LogP contribution in [0.3, 0.4) is 0 Å². The summed E-state index contributed by atoms with van der Waals surface area (Å²) in [5, 5.41) is 0. The summed E-state index contributed by atoms with van der Waals surface area (Å²) in [6, 6.07) is 11.2. The molecule has 244 valence electrons. The summed E-state index contributed by atoms with van der Waals surface area (Å²) in [6.45, 7) is 16.7. The molecule has 0 amide bonds. The maximum Gasteiger partial charge on any atom is 0.204 e. The van der Waals surface area contributed by atoms with Crippen LogP contribution in [0.2, 0.25) is 0 Å². The molecule has 2 aromatic rings. The van der Waals surface area contributed by atoms with Gasteiger partial charge in [0.05, 0.1) is 51.5 Å². The molecule has 0 aromatic heterocycles. The average Bonchev–Trinajstić information content (AvgIpc) is 3.08. The minimum absolute atomic E-state index is 0.389. The molecule has 0 radical (unpaired) electrons. The van der Waals surface area contributed by atoms with E-state index in [4.69, 9.17) is 44.9 Å². The molecule has 0 aliphatic rings. The number of hydrogen-bond acceptors (Lipinski definition) is 8. The molecule has 2 rings (SSSR count).